The summed E-state index contributed by atoms with van der Waals surface area (Å²) in [7, 11) is 0. The minimum atomic E-state index is 0.736. The fourth-order valence-corrected chi connectivity index (χ4v) is 2.16. The Morgan fingerprint density at radius 1 is 1.25 bits per heavy atom. The number of benzene rings is 1. The summed E-state index contributed by atoms with van der Waals surface area (Å²) < 4.78 is 5.45. The highest BCUT2D eigenvalue weighted by atomic mass is 16.5. The highest BCUT2D eigenvalue weighted by Gasteiger charge is 2.11. The van der Waals surface area contributed by atoms with Gasteiger partial charge in [-0.2, -0.15) is 0 Å². The van der Waals surface area contributed by atoms with E-state index in [-0.39, 0.29) is 0 Å². The Kier molecular flexibility index (Phi) is 3.66. The number of hydrogen-bond donors (Lipinski definition) is 0. The quantitative estimate of drug-likeness (QED) is 0.732. The van der Waals surface area contributed by atoms with Crippen LogP contribution in [0.25, 0.3) is 5.57 Å². The van der Waals surface area contributed by atoms with Gasteiger partial charge in [0.1, 0.15) is 5.75 Å². The summed E-state index contributed by atoms with van der Waals surface area (Å²) in [6.45, 7) is 5.07. The molecule has 0 amide bonds. The van der Waals surface area contributed by atoms with Crippen LogP contribution in [0.5, 0.6) is 5.75 Å². The molecule has 16 heavy (non-hydrogen) atoms. The Hall–Kier alpha value is -1.24. The van der Waals surface area contributed by atoms with Crippen molar-refractivity contribution in [3.8, 4) is 5.75 Å². The minimum Gasteiger partial charge on any atom is -0.494 e. The van der Waals surface area contributed by atoms with Gasteiger partial charge in [-0.3, -0.25) is 0 Å². The maximum atomic E-state index is 5.45. The predicted molar refractivity (Wildman–Crippen MR) is 68.6 cm³/mol. The lowest BCUT2D eigenvalue weighted by Gasteiger charge is -2.18. The average Bonchev–Trinajstić information content (AvgIpc) is 2.32. The zero-order chi connectivity index (χ0) is 11.4. The van der Waals surface area contributed by atoms with Crippen molar-refractivity contribution in [1.82, 2.24) is 0 Å². The molecule has 1 unspecified atom stereocenters. The fraction of sp³-hybridized carbons (Fsp3) is 0.467. The zero-order valence-corrected chi connectivity index (χ0v) is 10.2. The number of allylic oxidation sites excluding steroid dienone is 2. The third kappa shape index (κ3) is 2.66. The van der Waals surface area contributed by atoms with Gasteiger partial charge in [0.2, 0.25) is 0 Å². The lowest BCUT2D eigenvalue weighted by molar-refractivity contribution is 0.340. The third-order valence-corrected chi connectivity index (χ3v) is 3.21. The largest absolute Gasteiger partial charge is 0.494 e. The molecule has 2 rings (SSSR count). The van der Waals surface area contributed by atoms with Gasteiger partial charge < -0.3 is 4.74 Å². The summed E-state index contributed by atoms with van der Waals surface area (Å²) in [6, 6.07) is 8.48. The van der Waals surface area contributed by atoms with Crippen molar-refractivity contribution < 1.29 is 4.74 Å². The van der Waals surface area contributed by atoms with E-state index in [1.807, 2.05) is 6.92 Å². The molecule has 0 bridgehead atoms. The predicted octanol–water partition coefficient (Wildman–Crippen LogP) is 4.29. The molecule has 1 heteroatoms. The summed E-state index contributed by atoms with van der Waals surface area (Å²) in [5, 5.41) is 0. The van der Waals surface area contributed by atoms with E-state index in [1.165, 1.54) is 30.4 Å². The van der Waals surface area contributed by atoms with Crippen molar-refractivity contribution in [3.63, 3.8) is 0 Å². The van der Waals surface area contributed by atoms with Crippen molar-refractivity contribution in [1.29, 1.82) is 0 Å². The topological polar surface area (TPSA) is 9.23 Å². The van der Waals surface area contributed by atoms with Crippen LogP contribution in [-0.2, 0) is 0 Å². The van der Waals surface area contributed by atoms with Crippen LogP contribution in [0.15, 0.2) is 30.3 Å². The SMILES string of the molecule is CCOc1ccc(C2=CCC(C)CC2)cc1. The molecule has 0 radical (unpaired) electrons. The van der Waals surface area contributed by atoms with Crippen LogP contribution < -0.4 is 4.74 Å². The van der Waals surface area contributed by atoms with Crippen molar-refractivity contribution in [3.05, 3.63) is 35.9 Å². The van der Waals surface area contributed by atoms with Crippen LogP contribution in [0.4, 0.5) is 0 Å². The lowest BCUT2D eigenvalue weighted by Crippen LogP contribution is -2.01. The molecular weight excluding hydrogens is 196 g/mol. The van der Waals surface area contributed by atoms with Gasteiger partial charge in [0, 0.05) is 0 Å². The lowest BCUT2D eigenvalue weighted by atomic mass is 9.88. The van der Waals surface area contributed by atoms with Crippen LogP contribution in [0, 0.1) is 5.92 Å². The maximum Gasteiger partial charge on any atom is 0.119 e. The van der Waals surface area contributed by atoms with Gasteiger partial charge in [-0.15, -0.1) is 0 Å². The molecule has 1 aliphatic carbocycles. The smallest absolute Gasteiger partial charge is 0.119 e. The van der Waals surface area contributed by atoms with Crippen LogP contribution in [-0.4, -0.2) is 6.61 Å². The van der Waals surface area contributed by atoms with Crippen LogP contribution in [0.3, 0.4) is 0 Å². The van der Waals surface area contributed by atoms with Crippen molar-refractivity contribution in [2.24, 2.45) is 5.92 Å². The zero-order valence-electron chi connectivity index (χ0n) is 10.2. The van der Waals surface area contributed by atoms with E-state index in [0.717, 1.165) is 18.3 Å². The van der Waals surface area contributed by atoms with Gasteiger partial charge in [0.25, 0.3) is 0 Å². The summed E-state index contributed by atoms with van der Waals surface area (Å²) in [5.41, 5.74) is 2.86. The highest BCUT2D eigenvalue weighted by molar-refractivity contribution is 5.66. The second kappa shape index (κ2) is 5.20. The molecule has 0 heterocycles. The van der Waals surface area contributed by atoms with Crippen LogP contribution in [0.2, 0.25) is 0 Å². The molecule has 0 saturated carbocycles. The summed E-state index contributed by atoms with van der Waals surface area (Å²) in [6.07, 6.45) is 6.15. The number of rotatable bonds is 3. The van der Waals surface area contributed by atoms with Gasteiger partial charge in [-0.25, -0.2) is 0 Å². The van der Waals surface area contributed by atoms with Gasteiger partial charge >= 0.3 is 0 Å². The van der Waals surface area contributed by atoms with Crippen molar-refractivity contribution in [2.45, 2.75) is 33.1 Å². The highest BCUT2D eigenvalue weighted by Crippen LogP contribution is 2.30. The summed E-state index contributed by atoms with van der Waals surface area (Å²) in [5.74, 6) is 1.82. The molecule has 0 saturated heterocycles. The number of ether oxygens (including phenoxy) is 1. The van der Waals surface area contributed by atoms with E-state index in [9.17, 15) is 0 Å². The molecule has 1 aromatic rings. The number of hydrogen-bond acceptors (Lipinski definition) is 1. The first kappa shape index (κ1) is 11.3. The Labute approximate surface area is 98.1 Å². The summed E-state index contributed by atoms with van der Waals surface area (Å²) >= 11 is 0. The molecule has 0 fully saturated rings. The minimum absolute atomic E-state index is 0.736. The Morgan fingerprint density at radius 3 is 2.56 bits per heavy atom. The van der Waals surface area contributed by atoms with E-state index in [1.54, 1.807) is 0 Å². The van der Waals surface area contributed by atoms with Crippen LogP contribution >= 0.6 is 0 Å². The molecule has 1 aromatic carbocycles. The van der Waals surface area contributed by atoms with E-state index >= 15 is 0 Å². The monoisotopic (exact) mass is 216 g/mol. The third-order valence-electron chi connectivity index (χ3n) is 3.21. The molecule has 1 aliphatic rings. The van der Waals surface area contributed by atoms with Gasteiger partial charge in [0.15, 0.2) is 0 Å². The standard InChI is InChI=1S/C15H20O/c1-3-16-15-10-8-14(9-11-15)13-6-4-12(2)5-7-13/h6,8-12H,3-5,7H2,1-2H3. The van der Waals surface area contributed by atoms with Crippen molar-refractivity contribution in [2.75, 3.05) is 6.61 Å². The molecule has 0 spiro atoms. The molecule has 86 valence electrons. The molecule has 0 aromatic heterocycles. The van der Waals surface area contributed by atoms with Gasteiger partial charge in [-0.1, -0.05) is 25.1 Å². The van der Waals surface area contributed by atoms with E-state index < -0.39 is 0 Å². The fourth-order valence-electron chi connectivity index (χ4n) is 2.16. The maximum absolute atomic E-state index is 5.45. The Bertz CT molecular complexity index is 362. The first-order valence-corrected chi connectivity index (χ1v) is 6.22. The van der Waals surface area contributed by atoms with Crippen LogP contribution in [0.1, 0.15) is 38.7 Å². The van der Waals surface area contributed by atoms with Gasteiger partial charge in [0.05, 0.1) is 6.61 Å². The second-order valence-corrected chi connectivity index (χ2v) is 4.57. The average molecular weight is 216 g/mol. The molecule has 0 N–H and O–H groups in total. The Morgan fingerprint density at radius 2 is 2.00 bits per heavy atom. The molecule has 1 atom stereocenters. The van der Waals surface area contributed by atoms with E-state index in [2.05, 4.69) is 37.3 Å². The van der Waals surface area contributed by atoms with Gasteiger partial charge in [-0.05, 0) is 55.4 Å². The second-order valence-electron chi connectivity index (χ2n) is 4.57. The molecular formula is C15H20O. The molecule has 1 nitrogen and oxygen atoms in total. The molecule has 0 aliphatic heterocycles. The van der Waals surface area contributed by atoms with E-state index in [0.29, 0.717) is 0 Å². The normalized spacial score (nSPS) is 20.4. The first-order chi connectivity index (χ1) is 7.79. The summed E-state index contributed by atoms with van der Waals surface area (Å²) in [4.78, 5) is 0. The Balaban J connectivity index is 2.09. The van der Waals surface area contributed by atoms with E-state index in [4.69, 9.17) is 4.74 Å². The first-order valence-electron chi connectivity index (χ1n) is 6.22. The van der Waals surface area contributed by atoms with Crippen molar-refractivity contribution >= 4 is 5.57 Å².